The molecule has 1 saturated heterocycles. The number of H-pyrrole nitrogens is 2. The largest absolute Gasteiger partial charge is 0.491 e. The number of imidazole rings is 1. The van der Waals surface area contributed by atoms with E-state index in [4.69, 9.17) is 14.5 Å². The first kappa shape index (κ1) is 24.1. The number of aromatic amines is 2. The van der Waals surface area contributed by atoms with E-state index in [0.717, 1.165) is 55.6 Å². The lowest BCUT2D eigenvalue weighted by molar-refractivity contribution is -0.136. The molecule has 6 rings (SSSR count). The summed E-state index contributed by atoms with van der Waals surface area (Å²) in [5.41, 5.74) is 2.83. The molecular formula is C27H30F3N5O2. The fourth-order valence-corrected chi connectivity index (χ4v) is 5.64. The van der Waals surface area contributed by atoms with Crippen LogP contribution in [0.5, 0.6) is 11.6 Å². The van der Waals surface area contributed by atoms with Gasteiger partial charge in [0.1, 0.15) is 16.9 Å². The summed E-state index contributed by atoms with van der Waals surface area (Å²) in [6, 6.07) is 4.07. The molecule has 2 fully saturated rings. The van der Waals surface area contributed by atoms with Crippen molar-refractivity contribution in [2.75, 3.05) is 33.9 Å². The molecule has 3 aromatic heterocycles. The van der Waals surface area contributed by atoms with Gasteiger partial charge in [0, 0.05) is 17.3 Å². The molecule has 0 amide bonds. The fourth-order valence-electron chi connectivity index (χ4n) is 5.64. The van der Waals surface area contributed by atoms with Crippen LogP contribution in [0.3, 0.4) is 0 Å². The number of ether oxygens (including phenoxy) is 2. The standard InChI is InChI=1S/C27H30F3N5O2/c1-4-37-24-16(14-9-11-35(2)12-10-14)7-8-18-23(24)34-25(32-18)19-22-17(13-31-26(19)36-3)20(27(28,29)30)21(33-22)15-5-6-15/h7-8,13-15,33H,4-6,9-12H2,1-3H3,(H,32,34). The summed E-state index contributed by atoms with van der Waals surface area (Å²) in [7, 11) is 3.59. The number of nitrogens with zero attached hydrogens (tertiary/aromatic N) is 3. The zero-order valence-electron chi connectivity index (χ0n) is 21.1. The highest BCUT2D eigenvalue weighted by Crippen LogP contribution is 2.50. The van der Waals surface area contributed by atoms with Gasteiger partial charge in [-0.05, 0) is 76.2 Å². The molecule has 1 aliphatic heterocycles. The molecule has 0 spiro atoms. The van der Waals surface area contributed by atoms with Crippen LogP contribution in [0.1, 0.15) is 61.3 Å². The average molecular weight is 514 g/mol. The van der Waals surface area contributed by atoms with Crippen LogP contribution in [0.25, 0.3) is 33.3 Å². The van der Waals surface area contributed by atoms with E-state index in [-0.39, 0.29) is 22.9 Å². The quantitative estimate of drug-likeness (QED) is 0.320. The zero-order chi connectivity index (χ0) is 25.9. The molecule has 0 bridgehead atoms. The van der Waals surface area contributed by atoms with Gasteiger partial charge in [-0.25, -0.2) is 9.97 Å². The maximum atomic E-state index is 14.1. The third-order valence-electron chi connectivity index (χ3n) is 7.63. The van der Waals surface area contributed by atoms with Crippen molar-refractivity contribution in [3.63, 3.8) is 0 Å². The monoisotopic (exact) mass is 513 g/mol. The van der Waals surface area contributed by atoms with Crippen molar-refractivity contribution < 1.29 is 22.6 Å². The number of nitrogens with one attached hydrogen (secondary N) is 2. The number of hydrogen-bond acceptors (Lipinski definition) is 5. The summed E-state index contributed by atoms with van der Waals surface area (Å²) < 4.78 is 54.1. The molecule has 7 nitrogen and oxygen atoms in total. The lowest BCUT2D eigenvalue weighted by atomic mass is 9.88. The number of pyridine rings is 1. The Kier molecular flexibility index (Phi) is 5.82. The number of likely N-dealkylation sites (tertiary alicyclic amines) is 1. The highest BCUT2D eigenvalue weighted by atomic mass is 19.4. The average Bonchev–Trinajstić information content (AvgIpc) is 3.50. The Bertz CT molecular complexity index is 1460. The Morgan fingerprint density at radius 2 is 1.84 bits per heavy atom. The molecule has 196 valence electrons. The van der Waals surface area contributed by atoms with Gasteiger partial charge in [0.05, 0.1) is 30.3 Å². The van der Waals surface area contributed by atoms with E-state index in [1.54, 1.807) is 0 Å². The van der Waals surface area contributed by atoms with Gasteiger partial charge >= 0.3 is 6.18 Å². The molecule has 2 aliphatic rings. The molecule has 0 unspecified atom stereocenters. The number of methoxy groups -OCH3 is 1. The van der Waals surface area contributed by atoms with Gasteiger partial charge in [-0.2, -0.15) is 13.2 Å². The number of rotatable bonds is 6. The number of aromatic nitrogens is 4. The number of halogens is 3. The highest BCUT2D eigenvalue weighted by molar-refractivity contribution is 5.99. The van der Waals surface area contributed by atoms with Crippen LogP contribution < -0.4 is 9.47 Å². The summed E-state index contributed by atoms with van der Waals surface area (Å²) >= 11 is 0. The fraction of sp³-hybridized carbons (Fsp3) is 0.481. The summed E-state index contributed by atoms with van der Waals surface area (Å²) in [6.07, 6.45) is 0.278. The number of alkyl halides is 3. The van der Waals surface area contributed by atoms with Crippen molar-refractivity contribution in [2.45, 2.75) is 50.6 Å². The lowest BCUT2D eigenvalue weighted by Gasteiger charge is -2.30. The SMILES string of the molecule is CCOc1c(C2CCN(C)CC2)ccc2[nH]c(-c3c(OC)ncc4c(C(F)(F)F)c(C5CC5)[nH]c34)nc12. The van der Waals surface area contributed by atoms with E-state index in [9.17, 15) is 13.2 Å². The van der Waals surface area contributed by atoms with Crippen molar-refractivity contribution in [1.29, 1.82) is 0 Å². The third-order valence-corrected chi connectivity index (χ3v) is 7.63. The first-order valence-corrected chi connectivity index (χ1v) is 12.8. The minimum atomic E-state index is -4.50. The van der Waals surface area contributed by atoms with Gasteiger partial charge in [0.15, 0.2) is 5.75 Å². The van der Waals surface area contributed by atoms with Crippen molar-refractivity contribution in [3.8, 4) is 23.0 Å². The van der Waals surface area contributed by atoms with E-state index in [1.165, 1.54) is 13.3 Å². The molecule has 4 aromatic rings. The normalized spacial score (nSPS) is 17.7. The van der Waals surface area contributed by atoms with Crippen LogP contribution in [-0.2, 0) is 6.18 Å². The van der Waals surface area contributed by atoms with Crippen LogP contribution in [0.4, 0.5) is 13.2 Å². The van der Waals surface area contributed by atoms with Gasteiger partial charge in [0.25, 0.3) is 0 Å². The predicted molar refractivity (Wildman–Crippen MR) is 135 cm³/mol. The molecule has 1 saturated carbocycles. The van der Waals surface area contributed by atoms with Crippen LogP contribution in [0.2, 0.25) is 0 Å². The second-order valence-corrected chi connectivity index (χ2v) is 10.1. The van der Waals surface area contributed by atoms with Crippen LogP contribution in [-0.4, -0.2) is 58.7 Å². The van der Waals surface area contributed by atoms with E-state index < -0.39 is 11.7 Å². The van der Waals surface area contributed by atoms with Crippen LogP contribution in [0.15, 0.2) is 18.3 Å². The van der Waals surface area contributed by atoms with E-state index in [0.29, 0.717) is 34.9 Å². The molecule has 0 atom stereocenters. The third kappa shape index (κ3) is 4.11. The first-order chi connectivity index (χ1) is 17.8. The Morgan fingerprint density at radius 1 is 1.08 bits per heavy atom. The van der Waals surface area contributed by atoms with Gasteiger partial charge in [-0.15, -0.1) is 0 Å². The topological polar surface area (TPSA) is 79.1 Å². The number of fused-ring (bicyclic) bond motifs is 2. The van der Waals surface area contributed by atoms with Crippen LogP contribution >= 0.6 is 0 Å². The van der Waals surface area contributed by atoms with Crippen molar-refractivity contribution in [2.24, 2.45) is 0 Å². The second-order valence-electron chi connectivity index (χ2n) is 10.1. The molecule has 10 heteroatoms. The van der Waals surface area contributed by atoms with E-state index in [2.05, 4.69) is 33.0 Å². The summed E-state index contributed by atoms with van der Waals surface area (Å²) in [6.45, 7) is 4.46. The second kappa shape index (κ2) is 8.93. The summed E-state index contributed by atoms with van der Waals surface area (Å²) in [5, 5.41) is 0.0303. The predicted octanol–water partition coefficient (Wildman–Crippen LogP) is 6.22. The highest BCUT2D eigenvalue weighted by Gasteiger charge is 2.42. The van der Waals surface area contributed by atoms with Gasteiger partial charge in [0.2, 0.25) is 5.88 Å². The van der Waals surface area contributed by atoms with Gasteiger partial charge in [-0.3, -0.25) is 0 Å². The maximum absolute atomic E-state index is 14.1. The number of piperidine rings is 1. The molecular weight excluding hydrogens is 483 g/mol. The Balaban J connectivity index is 1.54. The molecule has 37 heavy (non-hydrogen) atoms. The molecule has 2 N–H and O–H groups in total. The number of benzene rings is 1. The Morgan fingerprint density at radius 3 is 2.49 bits per heavy atom. The Hall–Kier alpha value is -3.27. The molecule has 1 aliphatic carbocycles. The van der Waals surface area contributed by atoms with Crippen molar-refractivity contribution in [1.82, 2.24) is 24.8 Å². The van der Waals surface area contributed by atoms with Crippen LogP contribution in [0, 0.1) is 0 Å². The van der Waals surface area contributed by atoms with E-state index >= 15 is 0 Å². The van der Waals surface area contributed by atoms with Crippen molar-refractivity contribution >= 4 is 21.9 Å². The molecule has 0 radical (unpaired) electrons. The maximum Gasteiger partial charge on any atom is 0.418 e. The molecule has 4 heterocycles. The smallest absolute Gasteiger partial charge is 0.418 e. The van der Waals surface area contributed by atoms with Gasteiger partial charge in [-0.1, -0.05) is 6.07 Å². The number of hydrogen-bond donors (Lipinski definition) is 2. The minimum Gasteiger partial charge on any atom is -0.491 e. The minimum absolute atomic E-state index is 0.0303. The van der Waals surface area contributed by atoms with E-state index in [1.807, 2.05) is 13.0 Å². The van der Waals surface area contributed by atoms with Crippen molar-refractivity contribution in [3.05, 3.63) is 35.2 Å². The van der Waals surface area contributed by atoms with Gasteiger partial charge < -0.3 is 24.3 Å². The first-order valence-electron chi connectivity index (χ1n) is 12.8. The lowest BCUT2D eigenvalue weighted by Crippen LogP contribution is -2.29. The molecule has 1 aromatic carbocycles. The zero-order valence-corrected chi connectivity index (χ0v) is 21.1. The Labute approximate surface area is 212 Å². The summed E-state index contributed by atoms with van der Waals surface area (Å²) in [5.74, 6) is 1.57. The summed E-state index contributed by atoms with van der Waals surface area (Å²) in [4.78, 5) is 17.9.